The number of benzene rings is 2. The van der Waals surface area contributed by atoms with Crippen LogP contribution in [-0.4, -0.2) is 0 Å². The fraction of sp³-hybridized carbons (Fsp3) is 0.0769. The van der Waals surface area contributed by atoms with Gasteiger partial charge in [0.1, 0.15) is 0 Å². The molecule has 0 radical (unpaired) electrons. The zero-order chi connectivity index (χ0) is 13.3. The summed E-state index contributed by atoms with van der Waals surface area (Å²) in [5, 5.41) is 0.520. The standard InChI is InChI=1S/C13H9Cl2F2N/c14-9-4-2-1-3-7(9)13(18)8-5-11(16)12(17)6-10(8)15/h1-6,13H,18H2. The Kier molecular flexibility index (Phi) is 3.85. The maximum atomic E-state index is 13.2. The van der Waals surface area contributed by atoms with Gasteiger partial charge in [0, 0.05) is 10.0 Å². The summed E-state index contributed by atoms with van der Waals surface area (Å²) < 4.78 is 26.2. The monoisotopic (exact) mass is 287 g/mol. The quantitative estimate of drug-likeness (QED) is 0.818. The van der Waals surface area contributed by atoms with Crippen LogP contribution >= 0.6 is 23.2 Å². The first-order chi connectivity index (χ1) is 8.50. The molecular formula is C13H9Cl2F2N. The topological polar surface area (TPSA) is 26.0 Å². The highest BCUT2D eigenvalue weighted by molar-refractivity contribution is 6.32. The van der Waals surface area contributed by atoms with Crippen LogP contribution in [0.2, 0.25) is 10.0 Å². The minimum absolute atomic E-state index is 0.0707. The molecular weight excluding hydrogens is 279 g/mol. The molecule has 0 aliphatic rings. The third kappa shape index (κ3) is 2.48. The van der Waals surface area contributed by atoms with E-state index in [0.717, 1.165) is 12.1 Å². The van der Waals surface area contributed by atoms with Crippen molar-refractivity contribution in [2.24, 2.45) is 5.73 Å². The minimum atomic E-state index is -1.00. The van der Waals surface area contributed by atoms with Crippen molar-refractivity contribution >= 4 is 23.2 Å². The van der Waals surface area contributed by atoms with Gasteiger partial charge in [0.25, 0.3) is 0 Å². The molecule has 0 saturated heterocycles. The smallest absolute Gasteiger partial charge is 0.160 e. The summed E-state index contributed by atoms with van der Waals surface area (Å²) in [6.45, 7) is 0. The second kappa shape index (κ2) is 5.22. The predicted molar refractivity (Wildman–Crippen MR) is 68.9 cm³/mol. The molecule has 0 bridgehead atoms. The van der Waals surface area contributed by atoms with E-state index in [-0.39, 0.29) is 5.02 Å². The van der Waals surface area contributed by atoms with Gasteiger partial charge in [-0.1, -0.05) is 41.4 Å². The van der Waals surface area contributed by atoms with Crippen LogP contribution in [0.15, 0.2) is 36.4 Å². The second-order valence-corrected chi connectivity index (χ2v) is 4.60. The third-order valence-electron chi connectivity index (χ3n) is 2.61. The average molecular weight is 288 g/mol. The van der Waals surface area contributed by atoms with Gasteiger partial charge < -0.3 is 5.73 Å². The van der Waals surface area contributed by atoms with E-state index in [2.05, 4.69) is 0 Å². The van der Waals surface area contributed by atoms with E-state index in [1.807, 2.05) is 0 Å². The molecule has 2 rings (SSSR count). The predicted octanol–water partition coefficient (Wildman–Crippen LogP) is 4.32. The molecule has 0 aliphatic heterocycles. The SMILES string of the molecule is NC(c1ccccc1Cl)c1cc(F)c(F)cc1Cl. The van der Waals surface area contributed by atoms with E-state index in [4.69, 9.17) is 28.9 Å². The lowest BCUT2D eigenvalue weighted by molar-refractivity contribution is 0.506. The lowest BCUT2D eigenvalue weighted by Crippen LogP contribution is -2.13. The van der Waals surface area contributed by atoms with Crippen molar-refractivity contribution in [3.05, 3.63) is 69.2 Å². The Morgan fingerprint density at radius 1 is 0.889 bits per heavy atom. The lowest BCUT2D eigenvalue weighted by Gasteiger charge is -2.15. The molecule has 2 aromatic carbocycles. The first-order valence-corrected chi connectivity index (χ1v) is 5.90. The maximum absolute atomic E-state index is 13.2. The van der Waals surface area contributed by atoms with E-state index < -0.39 is 17.7 Å². The number of halogens is 4. The molecule has 1 unspecified atom stereocenters. The molecule has 0 heterocycles. The third-order valence-corrected chi connectivity index (χ3v) is 3.29. The van der Waals surface area contributed by atoms with Crippen LogP contribution in [0.3, 0.4) is 0 Å². The van der Waals surface area contributed by atoms with Crippen LogP contribution in [0.5, 0.6) is 0 Å². The highest BCUT2D eigenvalue weighted by atomic mass is 35.5. The highest BCUT2D eigenvalue weighted by Crippen LogP contribution is 2.31. The molecule has 1 atom stereocenters. The Morgan fingerprint density at radius 2 is 1.50 bits per heavy atom. The van der Waals surface area contributed by atoms with Crippen molar-refractivity contribution < 1.29 is 8.78 Å². The van der Waals surface area contributed by atoms with Gasteiger partial charge in [-0.2, -0.15) is 0 Å². The fourth-order valence-electron chi connectivity index (χ4n) is 1.67. The largest absolute Gasteiger partial charge is 0.320 e. The Hall–Kier alpha value is -1.16. The van der Waals surface area contributed by atoms with Crippen LogP contribution in [0.4, 0.5) is 8.78 Å². The molecule has 1 nitrogen and oxygen atoms in total. The first kappa shape index (κ1) is 13.3. The van der Waals surface area contributed by atoms with Crippen LogP contribution in [0.1, 0.15) is 17.2 Å². The summed E-state index contributed by atoms with van der Waals surface area (Å²) in [5.74, 6) is -1.99. The number of hydrogen-bond acceptors (Lipinski definition) is 1. The van der Waals surface area contributed by atoms with Gasteiger partial charge in [-0.3, -0.25) is 0 Å². The molecule has 0 fully saturated rings. The van der Waals surface area contributed by atoms with Crippen LogP contribution in [0.25, 0.3) is 0 Å². The molecule has 2 aromatic rings. The summed E-state index contributed by atoms with van der Waals surface area (Å²) in [4.78, 5) is 0. The molecule has 0 aromatic heterocycles. The van der Waals surface area contributed by atoms with Gasteiger partial charge in [0.2, 0.25) is 0 Å². The molecule has 0 aliphatic carbocycles. The van der Waals surface area contributed by atoms with Gasteiger partial charge in [-0.05, 0) is 29.3 Å². The summed E-state index contributed by atoms with van der Waals surface area (Å²) in [5.41, 5.74) is 6.88. The molecule has 0 spiro atoms. The van der Waals surface area contributed by atoms with E-state index in [9.17, 15) is 8.78 Å². The Morgan fingerprint density at radius 3 is 2.17 bits per heavy atom. The number of rotatable bonds is 2. The van der Waals surface area contributed by atoms with Crippen molar-refractivity contribution in [2.75, 3.05) is 0 Å². The molecule has 0 amide bonds. The van der Waals surface area contributed by atoms with Gasteiger partial charge in [0.05, 0.1) is 6.04 Å². The summed E-state index contributed by atoms with van der Waals surface area (Å²) in [7, 11) is 0. The Bertz CT molecular complexity index is 587. The normalized spacial score (nSPS) is 12.5. The second-order valence-electron chi connectivity index (χ2n) is 3.79. The average Bonchev–Trinajstić information content (AvgIpc) is 2.33. The van der Waals surface area contributed by atoms with E-state index in [1.54, 1.807) is 24.3 Å². The van der Waals surface area contributed by atoms with Crippen LogP contribution in [0, 0.1) is 11.6 Å². The van der Waals surface area contributed by atoms with Crippen molar-refractivity contribution in [1.29, 1.82) is 0 Å². The molecule has 94 valence electrons. The lowest BCUT2D eigenvalue weighted by atomic mass is 9.99. The minimum Gasteiger partial charge on any atom is -0.320 e. The molecule has 0 saturated carbocycles. The fourth-order valence-corrected chi connectivity index (χ4v) is 2.19. The van der Waals surface area contributed by atoms with Crippen molar-refractivity contribution in [3.8, 4) is 0 Å². The number of nitrogens with two attached hydrogens (primary N) is 1. The van der Waals surface area contributed by atoms with E-state index in [1.165, 1.54) is 0 Å². The van der Waals surface area contributed by atoms with Crippen molar-refractivity contribution in [2.45, 2.75) is 6.04 Å². The zero-order valence-corrected chi connectivity index (χ0v) is 10.6. The van der Waals surface area contributed by atoms with Gasteiger partial charge in [-0.25, -0.2) is 8.78 Å². The Labute approximate surface area is 113 Å². The van der Waals surface area contributed by atoms with Crippen molar-refractivity contribution in [3.63, 3.8) is 0 Å². The maximum Gasteiger partial charge on any atom is 0.160 e. The van der Waals surface area contributed by atoms with E-state index >= 15 is 0 Å². The summed E-state index contributed by atoms with van der Waals surface area (Å²) >= 11 is 11.9. The van der Waals surface area contributed by atoms with Crippen LogP contribution in [-0.2, 0) is 0 Å². The van der Waals surface area contributed by atoms with Crippen molar-refractivity contribution in [1.82, 2.24) is 0 Å². The highest BCUT2D eigenvalue weighted by Gasteiger charge is 2.17. The van der Waals surface area contributed by atoms with E-state index in [0.29, 0.717) is 16.1 Å². The van der Waals surface area contributed by atoms with Gasteiger partial charge in [-0.15, -0.1) is 0 Å². The molecule has 2 N–H and O–H groups in total. The summed E-state index contributed by atoms with van der Waals surface area (Å²) in [6, 6.07) is 8.09. The first-order valence-electron chi connectivity index (χ1n) is 5.15. The number of hydrogen-bond donors (Lipinski definition) is 1. The summed E-state index contributed by atoms with van der Waals surface area (Å²) in [6.07, 6.45) is 0. The zero-order valence-electron chi connectivity index (χ0n) is 9.13. The molecule has 5 heteroatoms. The van der Waals surface area contributed by atoms with Gasteiger partial charge in [0.15, 0.2) is 11.6 Å². The molecule has 18 heavy (non-hydrogen) atoms. The van der Waals surface area contributed by atoms with Crippen LogP contribution < -0.4 is 5.73 Å². The van der Waals surface area contributed by atoms with Gasteiger partial charge >= 0.3 is 0 Å². The Balaban J connectivity index is 2.50.